The van der Waals surface area contributed by atoms with Gasteiger partial charge in [-0.05, 0) is 54.6 Å². The van der Waals surface area contributed by atoms with E-state index in [1.165, 1.54) is 7.11 Å². The monoisotopic (exact) mass is 518 g/mol. The van der Waals surface area contributed by atoms with E-state index in [0.717, 1.165) is 61.9 Å². The van der Waals surface area contributed by atoms with Gasteiger partial charge in [-0.15, -0.1) is 0 Å². The summed E-state index contributed by atoms with van der Waals surface area (Å²) in [5, 5.41) is 2.84. The largest absolute Gasteiger partial charge is 0.464 e. The van der Waals surface area contributed by atoms with Crippen molar-refractivity contribution < 1.29 is 14.3 Å². The number of hydrogen-bond donors (Lipinski definition) is 0. The fraction of sp³-hybridized carbons (Fsp3) is 0.194. The standard InChI is InChI=1S/C31H26N4O4/c1-18-13-23-28(35(2)30(18)36)15-27(19-9-11-39-12-10-19)34-29(23)22-6-4-5-20-14-26(33-17-24(20)22)21-7-8-25(32-16-21)31(37)38-3/h4-9,13-17H,10-12H2,1-3H3. The zero-order valence-electron chi connectivity index (χ0n) is 21.9. The van der Waals surface area contributed by atoms with Gasteiger partial charge in [-0.2, -0.15) is 0 Å². The van der Waals surface area contributed by atoms with E-state index in [9.17, 15) is 9.59 Å². The molecule has 5 heterocycles. The van der Waals surface area contributed by atoms with Gasteiger partial charge in [-0.25, -0.2) is 14.8 Å². The Morgan fingerprint density at radius 2 is 1.90 bits per heavy atom. The van der Waals surface area contributed by atoms with Gasteiger partial charge >= 0.3 is 5.97 Å². The molecule has 0 fully saturated rings. The van der Waals surface area contributed by atoms with Crippen LogP contribution in [0.4, 0.5) is 0 Å². The number of methoxy groups -OCH3 is 1. The first kappa shape index (κ1) is 24.6. The van der Waals surface area contributed by atoms with Crippen LogP contribution in [0.5, 0.6) is 0 Å². The Balaban J connectivity index is 1.54. The van der Waals surface area contributed by atoms with E-state index >= 15 is 0 Å². The fourth-order valence-corrected chi connectivity index (χ4v) is 5.05. The lowest BCUT2D eigenvalue weighted by Gasteiger charge is -2.18. The molecule has 1 aromatic carbocycles. The van der Waals surface area contributed by atoms with Crippen LogP contribution in [-0.4, -0.2) is 45.8 Å². The maximum atomic E-state index is 12.8. The first-order valence-corrected chi connectivity index (χ1v) is 12.7. The van der Waals surface area contributed by atoms with Crippen LogP contribution in [0.15, 0.2) is 71.8 Å². The lowest BCUT2D eigenvalue weighted by molar-refractivity contribution is 0.0594. The van der Waals surface area contributed by atoms with Crippen LogP contribution < -0.4 is 5.56 Å². The van der Waals surface area contributed by atoms with Crippen molar-refractivity contribution in [2.45, 2.75) is 13.3 Å². The van der Waals surface area contributed by atoms with Gasteiger partial charge in [0.25, 0.3) is 5.56 Å². The van der Waals surface area contributed by atoms with Crippen molar-refractivity contribution in [3.63, 3.8) is 0 Å². The summed E-state index contributed by atoms with van der Waals surface area (Å²) < 4.78 is 12.0. The molecule has 39 heavy (non-hydrogen) atoms. The number of hydrogen-bond acceptors (Lipinski definition) is 7. The maximum absolute atomic E-state index is 12.8. The molecule has 0 atom stereocenters. The zero-order valence-corrected chi connectivity index (χ0v) is 21.9. The summed E-state index contributed by atoms with van der Waals surface area (Å²) in [5.74, 6) is -0.483. The predicted molar refractivity (Wildman–Crippen MR) is 150 cm³/mol. The minimum absolute atomic E-state index is 0.0254. The van der Waals surface area contributed by atoms with Gasteiger partial charge in [0.1, 0.15) is 5.69 Å². The van der Waals surface area contributed by atoms with Gasteiger partial charge in [0.05, 0.1) is 42.9 Å². The first-order chi connectivity index (χ1) is 18.9. The molecular weight excluding hydrogens is 492 g/mol. The lowest BCUT2D eigenvalue weighted by atomic mass is 9.97. The highest BCUT2D eigenvalue weighted by atomic mass is 16.5. The summed E-state index contributed by atoms with van der Waals surface area (Å²) in [6.07, 6.45) is 6.29. The van der Waals surface area contributed by atoms with Crippen molar-refractivity contribution in [2.24, 2.45) is 7.05 Å². The van der Waals surface area contributed by atoms with Crippen LogP contribution in [0.25, 0.3) is 49.8 Å². The van der Waals surface area contributed by atoms with Gasteiger partial charge in [0.2, 0.25) is 0 Å². The summed E-state index contributed by atoms with van der Waals surface area (Å²) in [5.41, 5.74) is 6.93. The van der Waals surface area contributed by atoms with E-state index in [2.05, 4.69) is 11.1 Å². The zero-order chi connectivity index (χ0) is 27.1. The number of aryl methyl sites for hydroxylation is 2. The highest BCUT2D eigenvalue weighted by molar-refractivity contribution is 6.04. The van der Waals surface area contributed by atoms with Gasteiger partial charge in [0, 0.05) is 46.9 Å². The lowest BCUT2D eigenvalue weighted by Crippen LogP contribution is -2.20. The fourth-order valence-electron chi connectivity index (χ4n) is 5.05. The van der Waals surface area contributed by atoms with E-state index < -0.39 is 5.97 Å². The number of benzene rings is 1. The molecule has 0 N–H and O–H groups in total. The predicted octanol–water partition coefficient (Wildman–Crippen LogP) is 5.11. The highest BCUT2D eigenvalue weighted by Gasteiger charge is 2.18. The molecule has 6 rings (SSSR count). The van der Waals surface area contributed by atoms with Gasteiger partial charge in [0.15, 0.2) is 0 Å². The molecule has 5 aromatic rings. The number of esters is 1. The molecule has 194 valence electrons. The van der Waals surface area contributed by atoms with Gasteiger partial charge in [-0.3, -0.25) is 9.78 Å². The minimum Gasteiger partial charge on any atom is -0.464 e. The third kappa shape index (κ3) is 4.38. The van der Waals surface area contributed by atoms with Crippen LogP contribution in [0, 0.1) is 6.92 Å². The van der Waals surface area contributed by atoms with Crippen LogP contribution in [0.1, 0.15) is 28.2 Å². The van der Waals surface area contributed by atoms with E-state index in [-0.39, 0.29) is 11.3 Å². The van der Waals surface area contributed by atoms with E-state index in [4.69, 9.17) is 19.4 Å². The number of pyridine rings is 4. The summed E-state index contributed by atoms with van der Waals surface area (Å²) >= 11 is 0. The smallest absolute Gasteiger partial charge is 0.356 e. The van der Waals surface area contributed by atoms with Crippen molar-refractivity contribution in [2.75, 3.05) is 20.3 Å². The second-order valence-electron chi connectivity index (χ2n) is 9.55. The Hall–Kier alpha value is -4.69. The Morgan fingerprint density at radius 3 is 2.64 bits per heavy atom. The second-order valence-corrected chi connectivity index (χ2v) is 9.55. The minimum atomic E-state index is -0.483. The number of rotatable bonds is 4. The van der Waals surface area contributed by atoms with Gasteiger partial charge in [-0.1, -0.05) is 24.3 Å². The Bertz CT molecular complexity index is 1860. The number of carbonyl (C=O) groups excluding carboxylic acids is 1. The molecule has 0 saturated heterocycles. The summed E-state index contributed by atoms with van der Waals surface area (Å²) in [6, 6.07) is 15.4. The third-order valence-corrected chi connectivity index (χ3v) is 7.17. The molecule has 8 heteroatoms. The van der Waals surface area contributed by atoms with Crippen molar-refractivity contribution in [1.82, 2.24) is 19.5 Å². The van der Waals surface area contributed by atoms with E-state index in [1.54, 1.807) is 29.9 Å². The molecule has 0 radical (unpaired) electrons. The molecule has 0 amide bonds. The number of carbonyl (C=O) groups is 1. The Labute approximate surface area is 224 Å². The first-order valence-electron chi connectivity index (χ1n) is 12.7. The Morgan fingerprint density at radius 1 is 1.03 bits per heavy atom. The SMILES string of the molecule is COC(=O)c1ccc(-c2cc3cccc(-c4nc(C5=CCOCC5)cc5c4cc(C)c(=O)n5C)c3cn2)cn1. The Kier molecular flexibility index (Phi) is 6.24. The van der Waals surface area contributed by atoms with Crippen molar-refractivity contribution in [1.29, 1.82) is 0 Å². The number of aromatic nitrogens is 4. The topological polar surface area (TPSA) is 96.2 Å². The molecule has 1 aliphatic heterocycles. The van der Waals surface area contributed by atoms with Crippen molar-refractivity contribution in [3.8, 4) is 22.5 Å². The van der Waals surface area contributed by atoms with Crippen molar-refractivity contribution in [3.05, 3.63) is 94.3 Å². The average molecular weight is 519 g/mol. The quantitative estimate of drug-likeness (QED) is 0.305. The summed E-state index contributed by atoms with van der Waals surface area (Å²) in [4.78, 5) is 38.7. The van der Waals surface area contributed by atoms with Crippen molar-refractivity contribution >= 4 is 33.2 Å². The molecule has 0 unspecified atom stereocenters. The second kappa shape index (κ2) is 9.89. The summed E-state index contributed by atoms with van der Waals surface area (Å²) in [7, 11) is 3.13. The highest BCUT2D eigenvalue weighted by Crippen LogP contribution is 2.35. The molecule has 0 bridgehead atoms. The number of nitrogens with zero attached hydrogens (tertiary/aromatic N) is 4. The van der Waals surface area contributed by atoms with Gasteiger partial charge < -0.3 is 14.0 Å². The number of ether oxygens (including phenoxy) is 2. The molecule has 0 spiro atoms. The van der Waals surface area contributed by atoms with E-state index in [1.807, 2.05) is 49.5 Å². The van der Waals surface area contributed by atoms with Crippen LogP contribution >= 0.6 is 0 Å². The van der Waals surface area contributed by atoms with Crippen LogP contribution in [-0.2, 0) is 16.5 Å². The molecular formula is C31H26N4O4. The molecule has 4 aromatic heterocycles. The molecule has 0 aliphatic carbocycles. The maximum Gasteiger partial charge on any atom is 0.356 e. The number of fused-ring (bicyclic) bond motifs is 2. The molecule has 1 aliphatic rings. The third-order valence-electron chi connectivity index (χ3n) is 7.17. The summed E-state index contributed by atoms with van der Waals surface area (Å²) in [6.45, 7) is 3.02. The molecule has 0 saturated carbocycles. The van der Waals surface area contributed by atoms with Crippen LogP contribution in [0.3, 0.4) is 0 Å². The molecule has 8 nitrogen and oxygen atoms in total. The average Bonchev–Trinajstić information content (AvgIpc) is 2.99. The van der Waals surface area contributed by atoms with E-state index in [0.29, 0.717) is 18.8 Å². The normalized spacial score (nSPS) is 13.5. The van der Waals surface area contributed by atoms with Crippen LogP contribution in [0.2, 0.25) is 0 Å².